The second-order valence-corrected chi connectivity index (χ2v) is 10.2. The number of carbonyl (C=O) groups is 1. The number of fused-ring (bicyclic) bond motifs is 1. The summed E-state index contributed by atoms with van der Waals surface area (Å²) in [4.78, 5) is 21.4. The highest BCUT2D eigenvalue weighted by Crippen LogP contribution is 2.25. The number of ether oxygens (including phenoxy) is 1. The van der Waals surface area contributed by atoms with Crippen molar-refractivity contribution in [1.29, 1.82) is 0 Å². The van der Waals surface area contributed by atoms with Crippen molar-refractivity contribution in [3.8, 4) is 5.88 Å². The first-order valence-electron chi connectivity index (χ1n) is 14.6. The lowest BCUT2D eigenvalue weighted by Crippen LogP contribution is -2.49. The van der Waals surface area contributed by atoms with E-state index in [0.29, 0.717) is 12.6 Å². The van der Waals surface area contributed by atoms with E-state index in [4.69, 9.17) is 4.74 Å². The Balaban J connectivity index is 0.000000228. The predicted molar refractivity (Wildman–Crippen MR) is 162 cm³/mol. The van der Waals surface area contributed by atoms with E-state index in [1.54, 1.807) is 11.6 Å². The largest absolute Gasteiger partial charge is 0.478 e. The molecular formula is C31H50N6O2. The Hall–Kier alpha value is -3.00. The molecule has 0 bridgehead atoms. The van der Waals surface area contributed by atoms with E-state index in [9.17, 15) is 4.79 Å². The minimum absolute atomic E-state index is 0.289. The molecule has 0 aliphatic carbocycles. The molecule has 4 heterocycles. The third-order valence-corrected chi connectivity index (χ3v) is 6.51. The van der Waals surface area contributed by atoms with Gasteiger partial charge in [0.1, 0.15) is 5.78 Å². The highest BCUT2D eigenvalue weighted by molar-refractivity contribution is 5.76. The van der Waals surface area contributed by atoms with Crippen molar-refractivity contribution in [3.05, 3.63) is 41.3 Å². The van der Waals surface area contributed by atoms with E-state index in [0.717, 1.165) is 68.7 Å². The lowest BCUT2D eigenvalue weighted by Gasteiger charge is -2.35. The van der Waals surface area contributed by atoms with Crippen LogP contribution in [0.5, 0.6) is 5.88 Å². The first kappa shape index (κ1) is 32.2. The highest BCUT2D eigenvalue weighted by Gasteiger charge is 2.19. The van der Waals surface area contributed by atoms with Crippen LogP contribution in [-0.2, 0) is 24.7 Å². The molecule has 1 atom stereocenters. The van der Waals surface area contributed by atoms with E-state index in [-0.39, 0.29) is 5.78 Å². The third kappa shape index (κ3) is 10.2. The zero-order chi connectivity index (χ0) is 28.8. The Bertz CT molecular complexity index is 1120. The molecule has 3 aromatic heterocycles. The number of aryl methyl sites for hydroxylation is 3. The van der Waals surface area contributed by atoms with Gasteiger partial charge in [0.25, 0.3) is 0 Å². The number of aromatic nitrogens is 4. The number of Topliss-reactive ketones (excluding diaryl/α,β-unsaturated/α-hetero) is 1. The lowest BCUT2D eigenvalue weighted by atomic mass is 10.0. The second-order valence-electron chi connectivity index (χ2n) is 10.2. The molecule has 0 aromatic carbocycles. The van der Waals surface area contributed by atoms with Crippen LogP contribution in [0, 0.1) is 6.92 Å². The molecule has 0 radical (unpaired) electrons. The van der Waals surface area contributed by atoms with Gasteiger partial charge in [-0.25, -0.2) is 0 Å². The van der Waals surface area contributed by atoms with Crippen LogP contribution in [0.1, 0.15) is 84.0 Å². The normalized spacial score (nSPS) is 14.8. The number of anilines is 1. The van der Waals surface area contributed by atoms with Gasteiger partial charge >= 0.3 is 0 Å². The summed E-state index contributed by atoms with van der Waals surface area (Å²) in [5.41, 5.74) is 5.95. The van der Waals surface area contributed by atoms with Crippen molar-refractivity contribution >= 4 is 22.5 Å². The SMILES string of the molecule is CCCC(C)=O.CCCc1c(N2CCNC(C)C2)ccnc1C.CCCc1cc2cn(C)nc2nc1OCC. The van der Waals surface area contributed by atoms with Gasteiger partial charge in [-0.15, -0.1) is 0 Å². The lowest BCUT2D eigenvalue weighted by molar-refractivity contribution is -0.117. The minimum atomic E-state index is 0.289. The molecule has 1 aliphatic heterocycles. The zero-order valence-corrected chi connectivity index (χ0v) is 25.5. The highest BCUT2D eigenvalue weighted by atomic mass is 16.5. The number of hydrogen-bond acceptors (Lipinski definition) is 7. The molecule has 0 saturated carbocycles. The van der Waals surface area contributed by atoms with Crippen LogP contribution in [0.3, 0.4) is 0 Å². The number of ketones is 1. The van der Waals surface area contributed by atoms with E-state index in [1.165, 1.54) is 28.9 Å². The summed E-state index contributed by atoms with van der Waals surface area (Å²) in [5, 5.41) is 8.85. The molecule has 39 heavy (non-hydrogen) atoms. The Kier molecular flexibility index (Phi) is 13.9. The fraction of sp³-hybridized carbons (Fsp3) is 0.613. The van der Waals surface area contributed by atoms with Crippen molar-refractivity contribution in [3.63, 3.8) is 0 Å². The smallest absolute Gasteiger partial charge is 0.218 e. The molecule has 0 amide bonds. The van der Waals surface area contributed by atoms with Crippen molar-refractivity contribution in [1.82, 2.24) is 25.1 Å². The second kappa shape index (κ2) is 16.9. The van der Waals surface area contributed by atoms with Crippen molar-refractivity contribution in [2.45, 2.75) is 93.0 Å². The van der Waals surface area contributed by atoms with E-state index in [2.05, 4.69) is 65.1 Å². The number of nitrogens with zero attached hydrogens (tertiary/aromatic N) is 5. The molecule has 1 unspecified atom stereocenters. The van der Waals surface area contributed by atoms with Crippen molar-refractivity contribution in [2.75, 3.05) is 31.1 Å². The summed E-state index contributed by atoms with van der Waals surface area (Å²) in [6.07, 6.45) is 10.0. The summed E-state index contributed by atoms with van der Waals surface area (Å²) in [7, 11) is 1.90. The number of nitrogens with one attached hydrogen (secondary N) is 1. The van der Waals surface area contributed by atoms with Gasteiger partial charge in [0.15, 0.2) is 5.65 Å². The summed E-state index contributed by atoms with van der Waals surface area (Å²) in [5.74, 6) is 1.02. The standard InChI is InChI=1S/C14H23N3.C12H17N3O.C5H10O/c1-4-5-13-12(3)16-7-6-14(13)17-9-8-15-11(2)10-17;1-4-6-9-7-10-8-15(3)14-11(10)13-12(9)16-5-2;1-3-4-5(2)6/h6-7,11,15H,4-5,8-10H2,1-3H3;7-8H,4-6H2,1-3H3;3-4H2,1-2H3. The van der Waals surface area contributed by atoms with E-state index in [1.807, 2.05) is 33.3 Å². The maximum absolute atomic E-state index is 10.0. The van der Waals surface area contributed by atoms with Gasteiger partial charge in [-0.05, 0) is 64.7 Å². The van der Waals surface area contributed by atoms with Gasteiger partial charge in [-0.2, -0.15) is 10.1 Å². The van der Waals surface area contributed by atoms with Gasteiger partial charge in [-0.3, -0.25) is 9.67 Å². The maximum Gasteiger partial charge on any atom is 0.218 e. The summed E-state index contributed by atoms with van der Waals surface area (Å²) >= 11 is 0. The third-order valence-electron chi connectivity index (χ3n) is 6.51. The summed E-state index contributed by atoms with van der Waals surface area (Å²) in [6.45, 7) is 18.3. The number of rotatable bonds is 9. The van der Waals surface area contributed by atoms with Gasteiger partial charge in [0.05, 0.1) is 6.61 Å². The summed E-state index contributed by atoms with van der Waals surface area (Å²) in [6, 6.07) is 4.88. The van der Waals surface area contributed by atoms with Crippen LogP contribution in [0.15, 0.2) is 24.5 Å². The first-order valence-corrected chi connectivity index (χ1v) is 14.6. The molecule has 1 N–H and O–H groups in total. The maximum atomic E-state index is 10.0. The van der Waals surface area contributed by atoms with Crippen LogP contribution >= 0.6 is 0 Å². The Morgan fingerprint density at radius 3 is 2.49 bits per heavy atom. The molecule has 8 heteroatoms. The fourth-order valence-corrected chi connectivity index (χ4v) is 4.75. The van der Waals surface area contributed by atoms with Crippen LogP contribution < -0.4 is 15.0 Å². The van der Waals surface area contributed by atoms with E-state index >= 15 is 0 Å². The zero-order valence-electron chi connectivity index (χ0n) is 25.5. The number of pyridine rings is 2. The minimum Gasteiger partial charge on any atom is -0.478 e. The van der Waals surface area contributed by atoms with Crippen molar-refractivity contribution < 1.29 is 9.53 Å². The van der Waals surface area contributed by atoms with Crippen molar-refractivity contribution in [2.24, 2.45) is 7.05 Å². The van der Waals surface area contributed by atoms with Crippen LogP contribution in [0.25, 0.3) is 11.0 Å². The number of hydrogen-bond donors (Lipinski definition) is 1. The van der Waals surface area contributed by atoms with Crippen LogP contribution in [-0.4, -0.2) is 57.8 Å². The molecule has 3 aromatic rings. The Morgan fingerprint density at radius 2 is 1.90 bits per heavy atom. The quantitative estimate of drug-likeness (QED) is 0.367. The molecule has 1 fully saturated rings. The molecule has 4 rings (SSSR count). The van der Waals surface area contributed by atoms with E-state index < -0.39 is 0 Å². The molecule has 1 saturated heterocycles. The molecule has 216 valence electrons. The Labute approximate surface area is 235 Å². The molecule has 1 aliphatic rings. The Morgan fingerprint density at radius 1 is 1.15 bits per heavy atom. The van der Waals surface area contributed by atoms with Crippen LogP contribution in [0.2, 0.25) is 0 Å². The number of piperazine rings is 1. The molecule has 0 spiro atoms. The summed E-state index contributed by atoms with van der Waals surface area (Å²) < 4.78 is 7.33. The topological polar surface area (TPSA) is 85.2 Å². The average molecular weight is 539 g/mol. The van der Waals surface area contributed by atoms with Gasteiger partial charge in [-0.1, -0.05) is 33.6 Å². The monoisotopic (exact) mass is 538 g/mol. The number of carbonyl (C=O) groups excluding carboxylic acids is 1. The fourth-order valence-electron chi connectivity index (χ4n) is 4.75. The first-order chi connectivity index (χ1) is 18.7. The average Bonchev–Trinajstić information content (AvgIpc) is 3.25. The van der Waals surface area contributed by atoms with Crippen LogP contribution in [0.4, 0.5) is 5.69 Å². The molecule has 8 nitrogen and oxygen atoms in total. The van der Waals surface area contributed by atoms with Gasteiger partial charge in [0, 0.05) is 73.9 Å². The van der Waals surface area contributed by atoms with Gasteiger partial charge in [0.2, 0.25) is 5.88 Å². The predicted octanol–water partition coefficient (Wildman–Crippen LogP) is 5.84. The van der Waals surface area contributed by atoms with Gasteiger partial charge < -0.3 is 19.7 Å². The molecular weight excluding hydrogens is 488 g/mol.